The molecule has 6 heterocycles. The van der Waals surface area contributed by atoms with Gasteiger partial charge in [0.2, 0.25) is 23.2 Å². The fourth-order valence-electron chi connectivity index (χ4n) is 15.8. The van der Waals surface area contributed by atoms with Crippen LogP contribution in [-0.2, 0) is 54.2 Å². The van der Waals surface area contributed by atoms with Crippen molar-refractivity contribution in [3.63, 3.8) is 0 Å². The van der Waals surface area contributed by atoms with Gasteiger partial charge in [-0.15, -0.1) is 0 Å². The third-order valence-corrected chi connectivity index (χ3v) is 22.8. The summed E-state index contributed by atoms with van der Waals surface area (Å²) in [6, 6.07) is 10.6. The summed E-state index contributed by atoms with van der Waals surface area (Å²) in [6.07, 6.45) is 13.7. The molecule has 27 nitrogen and oxygen atoms in total. The summed E-state index contributed by atoms with van der Waals surface area (Å²) in [7, 11) is 1.43. The largest absolute Gasteiger partial charge is 0.480 e. The number of anilines is 3. The highest BCUT2D eigenvalue weighted by Gasteiger charge is 2.56. The fourth-order valence-corrected chi connectivity index (χ4v) is 15.8. The number of carbonyl (C=O) groups is 9. The molecule has 3 aromatic rings. The van der Waals surface area contributed by atoms with E-state index in [1.54, 1.807) is 72.8 Å². The number of hydrogen-bond acceptors (Lipinski definition) is 20. The second kappa shape index (κ2) is 34.9. The molecule has 0 radical (unpaired) electrons. The Kier molecular flexibility index (Phi) is 26.2. The molecule has 7 aliphatic rings. The number of hydrogen-bond donors (Lipinski definition) is 8. The molecule has 110 heavy (non-hydrogen) atoms. The van der Waals surface area contributed by atoms with E-state index in [1.807, 2.05) is 36.4 Å². The number of nitrogens with one attached hydrogen (secondary N) is 5. The number of Topliss-reactive ketones (excluding diaryl/α,β-unsaturated/α-hetero) is 1. The van der Waals surface area contributed by atoms with Crippen LogP contribution in [0.15, 0.2) is 100.0 Å². The Morgan fingerprint density at radius 3 is 2.24 bits per heavy atom. The summed E-state index contributed by atoms with van der Waals surface area (Å²) in [4.78, 5) is 144. The summed E-state index contributed by atoms with van der Waals surface area (Å²) in [6.45, 7) is 22.4. The molecule has 6 bridgehead atoms. The predicted octanol–water partition coefficient (Wildman–Crippen LogP) is 10.3. The smallest absolute Gasteiger partial charge is 0.312 e. The zero-order chi connectivity index (χ0) is 79.8. The molecule has 1 unspecified atom stereocenters. The Bertz CT molecular complexity index is 4460. The van der Waals surface area contributed by atoms with Crippen LogP contribution in [0.25, 0.3) is 33.3 Å². The van der Waals surface area contributed by atoms with Crippen molar-refractivity contribution >= 4 is 92.2 Å². The van der Waals surface area contributed by atoms with Gasteiger partial charge in [-0.2, -0.15) is 0 Å². The molecule has 0 saturated carbocycles. The van der Waals surface area contributed by atoms with Gasteiger partial charge in [0.1, 0.15) is 52.7 Å². The average molecular weight is 1520 g/mol. The number of urea groups is 1. The Morgan fingerprint density at radius 1 is 0.864 bits per heavy atom. The Balaban J connectivity index is 0.841. The number of methoxy groups -OCH3 is 1. The van der Waals surface area contributed by atoms with Crippen LogP contribution < -0.4 is 52.1 Å². The fraction of sp³-hybridized carbons (Fsp3) is 0.530. The van der Waals surface area contributed by atoms with Crippen LogP contribution in [0.3, 0.4) is 0 Å². The summed E-state index contributed by atoms with van der Waals surface area (Å²) < 4.78 is 39.0. The van der Waals surface area contributed by atoms with Crippen molar-refractivity contribution in [3.05, 3.63) is 118 Å². The molecule has 592 valence electrons. The molecule has 0 spiro atoms. The number of nitrogens with two attached hydrogens (primary N) is 1. The maximum Gasteiger partial charge on any atom is 0.312 e. The highest BCUT2D eigenvalue weighted by Crippen LogP contribution is 2.53. The van der Waals surface area contributed by atoms with Crippen LogP contribution in [0.4, 0.5) is 21.9 Å². The van der Waals surface area contributed by atoms with Crippen LogP contribution in [0.5, 0.6) is 11.5 Å². The van der Waals surface area contributed by atoms with Crippen molar-refractivity contribution in [1.82, 2.24) is 25.8 Å². The zero-order valence-electron chi connectivity index (χ0n) is 65.3. The van der Waals surface area contributed by atoms with Crippen molar-refractivity contribution in [2.75, 3.05) is 48.8 Å². The normalized spacial score (nSPS) is 25.2. The Morgan fingerprint density at radius 2 is 1.57 bits per heavy atom. The number of unbranched alkanes of at least 4 members (excludes halogenated alkanes) is 2. The molecule has 1 fully saturated rings. The maximum atomic E-state index is 16.0. The molecule has 10 rings (SSSR count). The molecule has 1 aliphatic carbocycles. The maximum absolute atomic E-state index is 16.0. The first-order chi connectivity index (χ1) is 52.2. The predicted molar refractivity (Wildman–Crippen MR) is 415 cm³/mol. The van der Waals surface area contributed by atoms with Crippen LogP contribution in [-0.4, -0.2) is 155 Å². The number of fused-ring (bicyclic) bond motifs is 8. The van der Waals surface area contributed by atoms with Crippen LogP contribution in [0, 0.1) is 41.9 Å². The number of benzene rings is 4. The van der Waals surface area contributed by atoms with Crippen molar-refractivity contribution < 1.29 is 81.5 Å². The summed E-state index contributed by atoms with van der Waals surface area (Å²) in [5.41, 5.74) is 5.37. The minimum Gasteiger partial charge on any atom is -0.480 e. The first-order valence-corrected chi connectivity index (χ1v) is 38.4. The third kappa shape index (κ3) is 18.2. The number of ketones is 1. The van der Waals surface area contributed by atoms with Gasteiger partial charge in [-0.1, -0.05) is 105 Å². The molecule has 8 amide bonds. The topological polar surface area (TPSA) is 376 Å². The van der Waals surface area contributed by atoms with E-state index in [1.165, 1.54) is 52.4 Å². The van der Waals surface area contributed by atoms with Crippen LogP contribution in [0.2, 0.25) is 0 Å². The number of primary amides is 1. The first-order valence-electron chi connectivity index (χ1n) is 38.4. The summed E-state index contributed by atoms with van der Waals surface area (Å²) >= 11 is 0. The standard InChI is InChI=1S/C83H107N9O18/c1-14-81(10,44-53-26-28-54(29-27-53)86-78(102)57(24-20-38-85-80(84)104)88-79(103)66(45(2)3)89-60(94)25-16-15-17-39-92-61(95)32-33-62(92)96)37-19-23-52-34-40-91(41-35-52)55-30-31-56-59(43-55)108-73-67(87-56)63-64-70(98)68(73)90-77(101)47(5)22-18-21-46(4)69(97)49(7)74(99)82(11)76(107-51(9)93)48(6)58(105-13)36-42-106-83(12)75(100)65(63)72(110-83)50(8)71(64)109-82/h18,21-22,26-33,36,42-43,45-46,48-49,52,57-58,66,69,74,76,97,99H,14-17,19-20,23-25,34-35,37-41,44H2,1-13H3,(H,86,102)(H,88,103)(H,89,94)(H,90,101)(H3,84,85,104)/b21-18+,42-36+,47-22-/t46-,48+,49+,57-,58-,66-,69-,74+,76+,81?,82-,83-/m0/s1. The third-order valence-electron chi connectivity index (χ3n) is 22.8. The molecular formula is C83H107N9O18. The van der Waals surface area contributed by atoms with Crippen molar-refractivity contribution in [3.8, 4) is 23.0 Å². The molecule has 3 aromatic carbocycles. The van der Waals surface area contributed by atoms with Crippen molar-refractivity contribution in [1.29, 1.82) is 0 Å². The number of ether oxygens (including phenoxy) is 5. The molecular weight excluding hydrogens is 1410 g/mol. The average Bonchev–Trinajstić information content (AvgIpc) is 1.42. The minimum absolute atomic E-state index is 0.0106. The molecule has 12 atom stereocenters. The number of imide groups is 1. The molecule has 9 N–H and O–H groups in total. The molecule has 6 aliphatic heterocycles. The first kappa shape index (κ1) is 82.5. The van der Waals surface area contributed by atoms with E-state index in [4.69, 9.17) is 38.8 Å². The van der Waals surface area contributed by atoms with Gasteiger partial charge in [-0.3, -0.25) is 48.1 Å². The highest BCUT2D eigenvalue weighted by atomic mass is 16.7. The number of rotatable bonds is 26. The SMILES string of the molecule is CCC(C)(CCCC1CCN(c2ccc3nc4c5c6c7c(C)c8c5c(=O)c(c-4oc3c2)NC(=O)/C(C)=C\C=C\[C@H](C)[C@H](O)[C@@H](C)[C@@H](O)[C@](C)(O8)[C@H](OC(C)=O)[C@H](C)[C@@H](OC)/C=C/O[C@@](C)(O7)C6=O)CC1)Cc1ccc(NC(=O)[C@H](CCCNC(N)=O)NC(=O)[C@@H](NC(=O)CCCCCN2C(=O)C=CC2=O)C(C)C)cc1. The number of piperidine rings is 1. The van der Waals surface area contributed by atoms with Gasteiger partial charge in [0, 0.05) is 117 Å². The lowest BCUT2D eigenvalue weighted by atomic mass is 9.75. The Hall–Kier alpha value is -9.99. The zero-order valence-corrected chi connectivity index (χ0v) is 65.3. The van der Waals surface area contributed by atoms with Gasteiger partial charge in [0.05, 0.1) is 29.4 Å². The van der Waals surface area contributed by atoms with Gasteiger partial charge in [0.15, 0.2) is 16.9 Å². The van der Waals surface area contributed by atoms with E-state index >= 15 is 9.59 Å². The lowest BCUT2D eigenvalue weighted by Crippen LogP contribution is -2.62. The monoisotopic (exact) mass is 1520 g/mol. The van der Waals surface area contributed by atoms with Gasteiger partial charge >= 0.3 is 17.8 Å². The number of aromatic nitrogens is 1. The van der Waals surface area contributed by atoms with Gasteiger partial charge in [-0.25, -0.2) is 9.78 Å². The lowest BCUT2D eigenvalue weighted by Gasteiger charge is -2.47. The number of esters is 1. The quantitative estimate of drug-likeness (QED) is 0.00838. The molecule has 0 aromatic heterocycles. The molecule has 1 saturated heterocycles. The minimum atomic E-state index is -2.05. The van der Waals surface area contributed by atoms with Crippen LogP contribution >= 0.6 is 0 Å². The number of aliphatic hydroxyl groups excluding tert-OH is 2. The van der Waals surface area contributed by atoms with Crippen molar-refractivity contribution in [2.45, 2.75) is 214 Å². The number of nitrogens with zero attached hydrogens (tertiary/aromatic N) is 3. The van der Waals surface area contributed by atoms with E-state index in [9.17, 15) is 48.6 Å². The van der Waals surface area contributed by atoms with E-state index in [0.717, 1.165) is 74.2 Å². The summed E-state index contributed by atoms with van der Waals surface area (Å²) in [5.74, 6) is -8.94. The Labute approximate surface area is 641 Å². The van der Waals surface area contributed by atoms with Crippen molar-refractivity contribution in [2.24, 2.45) is 40.7 Å². The van der Waals surface area contributed by atoms with Gasteiger partial charge in [-0.05, 0) is 125 Å². The van der Waals surface area contributed by atoms with Gasteiger partial charge in [0.25, 0.3) is 23.5 Å². The second-order valence-corrected chi connectivity index (χ2v) is 31.3. The molecule has 27 heteroatoms. The number of allylic oxidation sites excluding steroid dienone is 2. The van der Waals surface area contributed by atoms with Crippen LogP contribution in [0.1, 0.15) is 175 Å². The van der Waals surface area contributed by atoms with E-state index in [2.05, 4.69) is 45.3 Å². The van der Waals surface area contributed by atoms with E-state index in [0.29, 0.717) is 42.8 Å². The van der Waals surface area contributed by atoms with Gasteiger partial charge < -0.3 is 75.5 Å². The second-order valence-electron chi connectivity index (χ2n) is 31.3. The lowest BCUT2D eigenvalue weighted by molar-refractivity contribution is -0.195. The number of aliphatic hydroxyl groups is 2. The number of amides is 8. The van der Waals surface area contributed by atoms with E-state index < -0.39 is 107 Å². The number of carbonyl (C=O) groups excluding carboxylic acids is 9. The van der Waals surface area contributed by atoms with E-state index in [-0.39, 0.29) is 117 Å². The summed E-state index contributed by atoms with van der Waals surface area (Å²) in [5, 5.41) is 38.6. The highest BCUT2D eigenvalue weighted by molar-refractivity contribution is 6.22.